The number of ether oxygens (including phenoxy) is 1. The predicted molar refractivity (Wildman–Crippen MR) is 182 cm³/mol. The molecule has 15 nitrogen and oxygen atoms in total. The number of phenols is 1. The lowest BCUT2D eigenvalue weighted by Crippen LogP contribution is -2.48. The number of amides is 4. The molecule has 0 spiro atoms. The lowest BCUT2D eigenvalue weighted by Gasteiger charge is -2.49. The van der Waals surface area contributed by atoms with Crippen LogP contribution in [0.15, 0.2) is 72.3 Å². The Morgan fingerprint density at radius 2 is 1.51 bits per heavy atom. The van der Waals surface area contributed by atoms with Crippen molar-refractivity contribution in [2.45, 2.75) is 25.7 Å². The molecule has 15 heteroatoms. The number of nitrogens with zero attached hydrogens (tertiary/aromatic N) is 5. The zero-order valence-corrected chi connectivity index (χ0v) is 28.0. The zero-order chi connectivity index (χ0) is 36.7. The minimum atomic E-state index is -1.42. The SMILES string of the molecule is COc1ccc(O)c([C@H]2C3=CC[C@@H]4C(=O)N(c5cc([N+](=O)[O-])c(N(C)C)c([N+](=O)[O-])c5)C(=O)[C@@H]4[C@@H]3C[C@H]3C(=O)N(c4ccccc4)C(=O)[C@@]23C)c1. The Bertz CT molecular complexity index is 2060. The Balaban J connectivity index is 1.38. The van der Waals surface area contributed by atoms with Crippen LogP contribution >= 0.6 is 0 Å². The summed E-state index contributed by atoms with van der Waals surface area (Å²) in [4.78, 5) is 83.2. The molecule has 3 aromatic carbocycles. The third-order valence-corrected chi connectivity index (χ3v) is 11.0. The smallest absolute Gasteiger partial charge is 0.301 e. The maximum Gasteiger partial charge on any atom is 0.301 e. The molecule has 4 aliphatic rings. The number of methoxy groups -OCH3 is 1. The molecule has 2 aliphatic heterocycles. The molecular formula is C36H33N5O10. The highest BCUT2D eigenvalue weighted by Crippen LogP contribution is 2.64. The van der Waals surface area contributed by atoms with Gasteiger partial charge in [0.25, 0.3) is 0 Å². The Labute approximate surface area is 291 Å². The Kier molecular flexibility index (Phi) is 7.69. The van der Waals surface area contributed by atoms with Gasteiger partial charge in [0.1, 0.15) is 11.5 Å². The number of nitro groups is 2. The highest BCUT2D eigenvalue weighted by Gasteiger charge is 2.68. The number of anilines is 3. The number of allylic oxidation sites excluding steroid dienone is 2. The van der Waals surface area contributed by atoms with Gasteiger partial charge in [0.05, 0.1) is 51.5 Å². The Morgan fingerprint density at radius 1 is 0.863 bits per heavy atom. The maximum atomic E-state index is 14.5. The summed E-state index contributed by atoms with van der Waals surface area (Å²) in [5.74, 6) is -6.80. The van der Waals surface area contributed by atoms with E-state index in [1.807, 2.05) is 0 Å². The molecule has 0 radical (unpaired) electrons. The van der Waals surface area contributed by atoms with Crippen LogP contribution in [0.4, 0.5) is 28.4 Å². The Morgan fingerprint density at radius 3 is 2.10 bits per heavy atom. The third-order valence-electron chi connectivity index (χ3n) is 11.0. The largest absolute Gasteiger partial charge is 0.508 e. The van der Waals surface area contributed by atoms with Crippen LogP contribution in [0, 0.1) is 49.3 Å². The summed E-state index contributed by atoms with van der Waals surface area (Å²) in [6, 6.07) is 15.0. The van der Waals surface area contributed by atoms with Gasteiger partial charge in [-0.3, -0.25) is 39.4 Å². The standard InChI is InChI=1S/C36H33N5O10/c1-36-25(33(44)39(35(36)46)18-8-6-5-7-9-18)17-23-21(30(36)24-16-20(51-4)10-13-28(24)42)11-12-22-29(23)34(45)38(32(22)43)19-14-26(40(47)48)31(37(2)3)27(15-19)41(49)50/h5-11,13-16,22-23,25,29-30,42H,12,17H2,1-4H3/t22-,23+,25-,29-,30+,36+/m0/s1. The normalized spacial score (nSPS) is 26.7. The van der Waals surface area contributed by atoms with Crippen LogP contribution in [-0.4, -0.2) is 59.8 Å². The lowest BCUT2D eigenvalue weighted by molar-refractivity contribution is -0.392. The molecule has 2 heterocycles. The molecule has 1 N–H and O–H groups in total. The summed E-state index contributed by atoms with van der Waals surface area (Å²) in [5, 5.41) is 35.5. The average Bonchev–Trinajstić information content (AvgIpc) is 3.47. The van der Waals surface area contributed by atoms with Gasteiger partial charge in [-0.05, 0) is 56.0 Å². The van der Waals surface area contributed by atoms with Crippen LogP contribution in [0.3, 0.4) is 0 Å². The number of nitro benzene ring substituents is 2. The van der Waals surface area contributed by atoms with Gasteiger partial charge in [-0.25, -0.2) is 9.80 Å². The second kappa shape index (κ2) is 11.7. The topological polar surface area (TPSA) is 194 Å². The van der Waals surface area contributed by atoms with E-state index < -0.39 is 79.9 Å². The van der Waals surface area contributed by atoms with Crippen LogP contribution in [0.25, 0.3) is 0 Å². The van der Waals surface area contributed by atoms with Crippen molar-refractivity contribution in [3.63, 3.8) is 0 Å². The van der Waals surface area contributed by atoms with Crippen molar-refractivity contribution >= 4 is 52.1 Å². The van der Waals surface area contributed by atoms with E-state index in [0.29, 0.717) is 22.6 Å². The number of fused-ring (bicyclic) bond motifs is 4. The van der Waals surface area contributed by atoms with Gasteiger partial charge in [0, 0.05) is 37.7 Å². The van der Waals surface area contributed by atoms with E-state index >= 15 is 0 Å². The molecule has 0 aromatic heterocycles. The summed E-state index contributed by atoms with van der Waals surface area (Å²) in [5.41, 5.74) is -2.06. The molecule has 51 heavy (non-hydrogen) atoms. The molecule has 0 unspecified atom stereocenters. The first-order valence-corrected chi connectivity index (χ1v) is 16.2. The summed E-state index contributed by atoms with van der Waals surface area (Å²) >= 11 is 0. The van der Waals surface area contributed by atoms with E-state index in [-0.39, 0.29) is 30.0 Å². The molecule has 4 amide bonds. The van der Waals surface area contributed by atoms with Crippen molar-refractivity contribution in [3.8, 4) is 11.5 Å². The lowest BCUT2D eigenvalue weighted by atomic mass is 9.51. The number of hydrogen-bond donors (Lipinski definition) is 1. The molecule has 3 aromatic rings. The minimum Gasteiger partial charge on any atom is -0.508 e. The minimum absolute atomic E-state index is 0.0192. The second-order valence-corrected chi connectivity index (χ2v) is 13.7. The van der Waals surface area contributed by atoms with Crippen LogP contribution in [0.2, 0.25) is 0 Å². The molecule has 1 saturated carbocycles. The quantitative estimate of drug-likeness (QED) is 0.156. The third kappa shape index (κ3) is 4.71. The van der Waals surface area contributed by atoms with Crippen LogP contribution < -0.4 is 19.4 Å². The number of phenolic OH excluding ortho intramolecular Hbond substituents is 1. The first-order chi connectivity index (χ1) is 24.2. The van der Waals surface area contributed by atoms with Crippen molar-refractivity contribution in [1.82, 2.24) is 0 Å². The van der Waals surface area contributed by atoms with Gasteiger partial charge in [0.15, 0.2) is 5.69 Å². The average molecular weight is 696 g/mol. The van der Waals surface area contributed by atoms with E-state index in [9.17, 15) is 44.5 Å². The number of carbonyl (C=O) groups is 4. The number of aromatic hydroxyl groups is 1. The van der Waals surface area contributed by atoms with Crippen LogP contribution in [0.1, 0.15) is 31.2 Å². The number of rotatable bonds is 7. The van der Waals surface area contributed by atoms with Gasteiger partial charge in [0.2, 0.25) is 23.6 Å². The predicted octanol–water partition coefficient (Wildman–Crippen LogP) is 4.72. The van der Waals surface area contributed by atoms with E-state index in [1.165, 1.54) is 32.2 Å². The number of benzene rings is 3. The molecule has 2 saturated heterocycles. The number of hydrogen-bond acceptors (Lipinski definition) is 11. The molecule has 0 bridgehead atoms. The van der Waals surface area contributed by atoms with Crippen LogP contribution in [0.5, 0.6) is 11.5 Å². The monoisotopic (exact) mass is 695 g/mol. The number of imide groups is 2. The highest BCUT2D eigenvalue weighted by atomic mass is 16.6. The van der Waals surface area contributed by atoms with E-state index in [0.717, 1.165) is 21.9 Å². The van der Waals surface area contributed by atoms with E-state index in [2.05, 4.69) is 0 Å². The molecule has 6 atom stereocenters. The van der Waals surface area contributed by atoms with Crippen LogP contribution in [-0.2, 0) is 19.2 Å². The fourth-order valence-corrected chi connectivity index (χ4v) is 8.78. The van der Waals surface area contributed by atoms with Gasteiger partial charge in [-0.2, -0.15) is 0 Å². The van der Waals surface area contributed by atoms with Crippen molar-refractivity contribution in [2.75, 3.05) is 35.9 Å². The van der Waals surface area contributed by atoms with Crippen molar-refractivity contribution in [2.24, 2.45) is 29.1 Å². The Hall–Kier alpha value is -6.12. The van der Waals surface area contributed by atoms with Gasteiger partial charge < -0.3 is 14.7 Å². The summed E-state index contributed by atoms with van der Waals surface area (Å²) in [6.45, 7) is 1.69. The highest BCUT2D eigenvalue weighted by molar-refractivity contribution is 6.25. The fourth-order valence-electron chi connectivity index (χ4n) is 8.78. The van der Waals surface area contributed by atoms with Crippen molar-refractivity contribution in [3.05, 3.63) is 98.1 Å². The van der Waals surface area contributed by atoms with E-state index in [4.69, 9.17) is 4.74 Å². The second-order valence-electron chi connectivity index (χ2n) is 13.7. The molecule has 2 aliphatic carbocycles. The fraction of sp³-hybridized carbons (Fsp3) is 0.333. The summed E-state index contributed by atoms with van der Waals surface area (Å²) < 4.78 is 5.46. The molecular weight excluding hydrogens is 662 g/mol. The van der Waals surface area contributed by atoms with Gasteiger partial charge in [-0.1, -0.05) is 29.8 Å². The van der Waals surface area contributed by atoms with Gasteiger partial charge in [-0.15, -0.1) is 0 Å². The van der Waals surface area contributed by atoms with Crippen molar-refractivity contribution < 1.29 is 38.9 Å². The number of carbonyl (C=O) groups excluding carboxylic acids is 4. The summed E-state index contributed by atoms with van der Waals surface area (Å²) in [7, 11) is 4.27. The van der Waals surface area contributed by atoms with Gasteiger partial charge >= 0.3 is 11.4 Å². The molecule has 262 valence electrons. The first-order valence-electron chi connectivity index (χ1n) is 16.2. The number of para-hydroxylation sites is 1. The summed E-state index contributed by atoms with van der Waals surface area (Å²) in [6.07, 6.45) is 1.85. The maximum absolute atomic E-state index is 14.5. The molecule has 3 fully saturated rings. The zero-order valence-electron chi connectivity index (χ0n) is 28.0. The van der Waals surface area contributed by atoms with E-state index in [1.54, 1.807) is 55.5 Å². The molecule has 7 rings (SSSR count). The van der Waals surface area contributed by atoms with Crippen molar-refractivity contribution in [1.29, 1.82) is 0 Å². The first kappa shape index (κ1) is 33.4.